The fraction of sp³-hybridized carbons (Fsp3) is 0.600. The molecule has 1 aliphatic rings. The van der Waals surface area contributed by atoms with E-state index in [9.17, 15) is 0 Å². The summed E-state index contributed by atoms with van der Waals surface area (Å²) in [5.41, 5.74) is 0. The van der Waals surface area contributed by atoms with Crippen molar-refractivity contribution in [3.63, 3.8) is 0 Å². The highest BCUT2D eigenvalue weighted by atomic mass is 15.0. The van der Waals surface area contributed by atoms with Crippen LogP contribution in [0, 0.1) is 0 Å². The highest BCUT2D eigenvalue weighted by molar-refractivity contribution is 4.93. The van der Waals surface area contributed by atoms with E-state index >= 15 is 0 Å². The second-order valence-corrected chi connectivity index (χ2v) is 3.48. The number of hydrogen-bond acceptors (Lipinski definition) is 1. The molecule has 2 heterocycles. The number of hydrogen-bond donors (Lipinski definition) is 1. The minimum absolute atomic E-state index is 0.683. The van der Waals surface area contributed by atoms with Crippen molar-refractivity contribution in [2.45, 2.75) is 25.3 Å². The van der Waals surface area contributed by atoms with Gasteiger partial charge < -0.3 is 9.88 Å². The van der Waals surface area contributed by atoms with Gasteiger partial charge in [0.2, 0.25) is 0 Å². The Balaban J connectivity index is 2.02. The third kappa shape index (κ3) is 1.69. The van der Waals surface area contributed by atoms with Crippen LogP contribution in [0.3, 0.4) is 0 Å². The van der Waals surface area contributed by atoms with Gasteiger partial charge in [0.1, 0.15) is 0 Å². The molecule has 0 saturated carbocycles. The summed E-state index contributed by atoms with van der Waals surface area (Å²) >= 11 is 0. The van der Waals surface area contributed by atoms with Gasteiger partial charge in [-0.3, -0.25) is 0 Å². The van der Waals surface area contributed by atoms with E-state index in [0.29, 0.717) is 6.04 Å². The highest BCUT2D eigenvalue weighted by Crippen LogP contribution is 2.16. The van der Waals surface area contributed by atoms with Crippen LogP contribution in [0.1, 0.15) is 25.3 Å². The van der Waals surface area contributed by atoms with Crippen molar-refractivity contribution in [3.8, 4) is 0 Å². The quantitative estimate of drug-likeness (QED) is 0.669. The van der Waals surface area contributed by atoms with E-state index in [4.69, 9.17) is 0 Å². The molecule has 0 bridgehead atoms. The number of nitrogens with zero attached hydrogens (tertiary/aromatic N) is 1. The van der Waals surface area contributed by atoms with Gasteiger partial charge in [-0.15, -0.1) is 0 Å². The van der Waals surface area contributed by atoms with Gasteiger partial charge in [0.15, 0.2) is 0 Å². The fourth-order valence-corrected chi connectivity index (χ4v) is 1.85. The van der Waals surface area contributed by atoms with Crippen LogP contribution < -0.4 is 5.32 Å². The Morgan fingerprint density at radius 3 is 2.83 bits per heavy atom. The van der Waals surface area contributed by atoms with Gasteiger partial charge >= 0.3 is 0 Å². The zero-order valence-electron chi connectivity index (χ0n) is 7.37. The Bertz CT molecular complexity index is 208. The normalized spacial score (nSPS) is 25.2. The fourth-order valence-electron chi connectivity index (χ4n) is 1.85. The topological polar surface area (TPSA) is 17.0 Å². The smallest absolute Gasteiger partial charge is 0.0455 e. The second-order valence-electron chi connectivity index (χ2n) is 3.48. The molecule has 2 heteroatoms. The molecule has 1 atom stereocenters. The van der Waals surface area contributed by atoms with Gasteiger partial charge in [-0.25, -0.2) is 0 Å². The first-order valence-electron chi connectivity index (χ1n) is 4.80. The van der Waals surface area contributed by atoms with E-state index in [2.05, 4.69) is 34.4 Å². The monoisotopic (exact) mass is 164 g/mol. The van der Waals surface area contributed by atoms with Crippen LogP contribution in [0.2, 0.25) is 0 Å². The maximum absolute atomic E-state index is 3.46. The zero-order chi connectivity index (χ0) is 8.23. The van der Waals surface area contributed by atoms with Crippen molar-refractivity contribution < 1.29 is 0 Å². The molecular weight excluding hydrogens is 148 g/mol. The molecule has 1 aromatic rings. The Morgan fingerprint density at radius 2 is 2.00 bits per heavy atom. The molecule has 1 aromatic heterocycles. The minimum atomic E-state index is 0.683. The molecule has 0 radical (unpaired) electrons. The molecule has 0 aliphatic carbocycles. The number of rotatable bonds is 1. The molecule has 66 valence electrons. The maximum Gasteiger partial charge on any atom is 0.0455 e. The minimum Gasteiger partial charge on any atom is -0.350 e. The Kier molecular flexibility index (Phi) is 2.47. The van der Waals surface area contributed by atoms with Gasteiger partial charge in [0, 0.05) is 25.0 Å². The molecule has 0 spiro atoms. The average Bonchev–Trinajstić information content (AvgIpc) is 2.48. The van der Waals surface area contributed by atoms with Gasteiger partial charge in [0.25, 0.3) is 0 Å². The van der Waals surface area contributed by atoms with Crippen LogP contribution in [-0.2, 0) is 0 Å². The summed E-state index contributed by atoms with van der Waals surface area (Å²) in [4.78, 5) is 0. The summed E-state index contributed by atoms with van der Waals surface area (Å²) in [6.45, 7) is 2.33. The van der Waals surface area contributed by atoms with Crippen molar-refractivity contribution in [3.05, 3.63) is 24.5 Å². The van der Waals surface area contributed by atoms with Gasteiger partial charge in [0.05, 0.1) is 0 Å². The van der Waals surface area contributed by atoms with Crippen molar-refractivity contribution in [1.82, 2.24) is 9.88 Å². The van der Waals surface area contributed by atoms with Gasteiger partial charge in [-0.05, 0) is 31.5 Å². The van der Waals surface area contributed by atoms with Gasteiger partial charge in [-0.1, -0.05) is 6.42 Å². The van der Waals surface area contributed by atoms with Crippen molar-refractivity contribution in [2.24, 2.45) is 0 Å². The summed E-state index contributed by atoms with van der Waals surface area (Å²) in [7, 11) is 0. The summed E-state index contributed by atoms with van der Waals surface area (Å²) in [6, 6.07) is 4.89. The molecule has 1 aliphatic heterocycles. The lowest BCUT2D eigenvalue weighted by atomic mass is 10.1. The molecule has 1 unspecified atom stereocenters. The van der Waals surface area contributed by atoms with E-state index in [-0.39, 0.29) is 0 Å². The first-order chi connectivity index (χ1) is 5.97. The average molecular weight is 164 g/mol. The van der Waals surface area contributed by atoms with Crippen molar-refractivity contribution in [2.75, 3.05) is 13.1 Å². The summed E-state index contributed by atoms with van der Waals surface area (Å²) in [6.07, 6.45) is 8.34. The molecule has 1 fully saturated rings. The van der Waals surface area contributed by atoms with Crippen LogP contribution >= 0.6 is 0 Å². The lowest BCUT2D eigenvalue weighted by molar-refractivity contribution is 0.463. The lowest BCUT2D eigenvalue weighted by Crippen LogP contribution is -2.22. The predicted molar refractivity (Wildman–Crippen MR) is 50.2 cm³/mol. The van der Waals surface area contributed by atoms with Crippen molar-refractivity contribution in [1.29, 1.82) is 0 Å². The van der Waals surface area contributed by atoms with Crippen LogP contribution in [0.5, 0.6) is 0 Å². The third-order valence-electron chi connectivity index (χ3n) is 2.57. The summed E-state index contributed by atoms with van der Waals surface area (Å²) < 4.78 is 2.32. The number of aromatic nitrogens is 1. The highest BCUT2D eigenvalue weighted by Gasteiger charge is 2.11. The second kappa shape index (κ2) is 3.76. The zero-order valence-corrected chi connectivity index (χ0v) is 7.37. The molecule has 0 amide bonds. The van der Waals surface area contributed by atoms with Crippen molar-refractivity contribution >= 4 is 0 Å². The Morgan fingerprint density at radius 1 is 1.17 bits per heavy atom. The lowest BCUT2D eigenvalue weighted by Gasteiger charge is -2.15. The van der Waals surface area contributed by atoms with E-state index in [1.807, 2.05) is 0 Å². The van der Waals surface area contributed by atoms with E-state index in [1.165, 1.54) is 25.8 Å². The van der Waals surface area contributed by atoms with Crippen LogP contribution in [0.4, 0.5) is 0 Å². The van der Waals surface area contributed by atoms with Crippen LogP contribution in [-0.4, -0.2) is 17.7 Å². The Labute approximate surface area is 73.6 Å². The van der Waals surface area contributed by atoms with Crippen LogP contribution in [0.25, 0.3) is 0 Å². The molecule has 12 heavy (non-hydrogen) atoms. The largest absolute Gasteiger partial charge is 0.350 e. The molecular formula is C10H16N2. The van der Waals surface area contributed by atoms with E-state index < -0.39 is 0 Å². The van der Waals surface area contributed by atoms with E-state index in [1.54, 1.807) is 0 Å². The SMILES string of the molecule is c1ccn(C2CCCCNC2)c1. The molecule has 2 nitrogen and oxygen atoms in total. The van der Waals surface area contributed by atoms with E-state index in [0.717, 1.165) is 6.54 Å². The third-order valence-corrected chi connectivity index (χ3v) is 2.57. The summed E-state index contributed by atoms with van der Waals surface area (Å²) in [5, 5.41) is 3.46. The molecule has 1 saturated heterocycles. The standard InChI is InChI=1S/C10H16N2/c1-2-6-11-9-10(5-1)12-7-3-4-8-12/h3-4,7-8,10-11H,1-2,5-6,9H2. The first-order valence-corrected chi connectivity index (χ1v) is 4.80. The van der Waals surface area contributed by atoms with Crippen LogP contribution in [0.15, 0.2) is 24.5 Å². The molecule has 1 N–H and O–H groups in total. The number of nitrogens with one attached hydrogen (secondary N) is 1. The molecule has 0 aromatic carbocycles. The summed E-state index contributed by atoms with van der Waals surface area (Å²) in [5.74, 6) is 0. The predicted octanol–water partition coefficient (Wildman–Crippen LogP) is 1.80. The Hall–Kier alpha value is -0.760. The maximum atomic E-state index is 3.46. The first kappa shape index (κ1) is 7.87. The van der Waals surface area contributed by atoms with Gasteiger partial charge in [-0.2, -0.15) is 0 Å². The molecule has 2 rings (SSSR count).